The smallest absolute Gasteiger partial charge is 0.233 e. The minimum Gasteiger partial charge on any atom is -0.358 e. The number of carbonyl (C=O) groups excluding carboxylic acids is 1. The molecule has 1 saturated heterocycles. The van der Waals surface area contributed by atoms with Crippen molar-refractivity contribution in [3.05, 3.63) is 12.2 Å². The van der Waals surface area contributed by atoms with Crippen LogP contribution in [-0.2, 0) is 4.79 Å². The van der Waals surface area contributed by atoms with E-state index >= 15 is 0 Å². The molecule has 0 spiro atoms. The minimum absolute atomic E-state index is 0.125. The Kier molecular flexibility index (Phi) is 5.86. The van der Waals surface area contributed by atoms with Crippen LogP contribution in [0.4, 0.5) is 0 Å². The van der Waals surface area contributed by atoms with E-state index in [4.69, 9.17) is 0 Å². The molecule has 0 radical (unpaired) electrons. The van der Waals surface area contributed by atoms with Crippen LogP contribution in [0, 0.1) is 5.92 Å². The Labute approximate surface area is 116 Å². The molecule has 0 aromatic carbocycles. The Morgan fingerprint density at radius 1 is 1.26 bits per heavy atom. The first-order chi connectivity index (χ1) is 9.28. The molecule has 1 unspecified atom stereocenters. The number of hydrogen-bond acceptors (Lipinski definition) is 3. The van der Waals surface area contributed by atoms with Crippen LogP contribution in [0.15, 0.2) is 12.2 Å². The van der Waals surface area contributed by atoms with Gasteiger partial charge in [-0.3, -0.25) is 9.69 Å². The van der Waals surface area contributed by atoms with E-state index in [1.807, 2.05) is 0 Å². The summed E-state index contributed by atoms with van der Waals surface area (Å²) in [6.45, 7) is 3.78. The molecule has 1 atom stereocenters. The van der Waals surface area contributed by atoms with E-state index in [2.05, 4.69) is 27.7 Å². The van der Waals surface area contributed by atoms with Crippen molar-refractivity contribution in [2.75, 3.05) is 33.2 Å². The molecule has 19 heavy (non-hydrogen) atoms. The van der Waals surface area contributed by atoms with Crippen LogP contribution in [-0.4, -0.2) is 50.1 Å². The fourth-order valence-corrected chi connectivity index (χ4v) is 2.95. The summed E-state index contributed by atoms with van der Waals surface area (Å²) in [7, 11) is 1.70. The van der Waals surface area contributed by atoms with Crippen molar-refractivity contribution in [1.82, 2.24) is 15.5 Å². The van der Waals surface area contributed by atoms with E-state index in [-0.39, 0.29) is 5.91 Å². The molecule has 0 saturated carbocycles. The van der Waals surface area contributed by atoms with Gasteiger partial charge >= 0.3 is 0 Å². The molecule has 2 aliphatic rings. The van der Waals surface area contributed by atoms with Crippen molar-refractivity contribution in [1.29, 1.82) is 0 Å². The Hall–Kier alpha value is -0.870. The van der Waals surface area contributed by atoms with E-state index in [0.717, 1.165) is 25.6 Å². The maximum absolute atomic E-state index is 11.3. The van der Waals surface area contributed by atoms with Crippen LogP contribution < -0.4 is 10.6 Å². The molecule has 0 aromatic rings. The molecule has 0 bridgehead atoms. The normalized spacial score (nSPS) is 25.4. The molecule has 108 valence electrons. The van der Waals surface area contributed by atoms with Crippen LogP contribution in [0.1, 0.15) is 32.1 Å². The van der Waals surface area contributed by atoms with Gasteiger partial charge in [0.05, 0.1) is 6.54 Å². The van der Waals surface area contributed by atoms with Gasteiger partial charge in [0, 0.05) is 26.2 Å². The summed E-state index contributed by atoms with van der Waals surface area (Å²) < 4.78 is 0. The van der Waals surface area contributed by atoms with Gasteiger partial charge in [0.25, 0.3) is 0 Å². The molecule has 4 heteroatoms. The van der Waals surface area contributed by atoms with Gasteiger partial charge in [0.2, 0.25) is 5.91 Å². The topological polar surface area (TPSA) is 44.4 Å². The van der Waals surface area contributed by atoms with Crippen molar-refractivity contribution >= 4 is 5.91 Å². The summed E-state index contributed by atoms with van der Waals surface area (Å²) in [6, 6.07) is 0.645. The second-order valence-corrected chi connectivity index (χ2v) is 5.78. The van der Waals surface area contributed by atoms with Crippen molar-refractivity contribution in [2.24, 2.45) is 5.92 Å². The Morgan fingerprint density at radius 3 is 2.68 bits per heavy atom. The van der Waals surface area contributed by atoms with E-state index in [1.54, 1.807) is 7.05 Å². The zero-order valence-electron chi connectivity index (χ0n) is 12.0. The third kappa shape index (κ3) is 4.96. The average Bonchev–Trinajstić information content (AvgIpc) is 2.47. The number of nitrogens with zero attached hydrogens (tertiary/aromatic N) is 1. The summed E-state index contributed by atoms with van der Waals surface area (Å²) >= 11 is 0. The van der Waals surface area contributed by atoms with E-state index in [0.29, 0.717) is 12.6 Å². The Morgan fingerprint density at radius 2 is 2.05 bits per heavy atom. The predicted octanol–water partition coefficient (Wildman–Crippen LogP) is 1.14. The van der Waals surface area contributed by atoms with Crippen molar-refractivity contribution < 1.29 is 4.79 Å². The number of nitrogens with one attached hydrogen (secondary N) is 2. The fourth-order valence-electron chi connectivity index (χ4n) is 2.95. The lowest BCUT2D eigenvalue weighted by Gasteiger charge is -2.33. The second kappa shape index (κ2) is 7.65. The van der Waals surface area contributed by atoms with Crippen LogP contribution in [0.5, 0.6) is 0 Å². The highest BCUT2D eigenvalue weighted by Gasteiger charge is 2.21. The third-order valence-electron chi connectivity index (χ3n) is 4.31. The summed E-state index contributed by atoms with van der Waals surface area (Å²) in [4.78, 5) is 13.6. The number of allylic oxidation sites excluding steroid dienone is 2. The zero-order valence-corrected chi connectivity index (χ0v) is 12.0. The van der Waals surface area contributed by atoms with Gasteiger partial charge in [0.15, 0.2) is 0 Å². The average molecular weight is 265 g/mol. The largest absolute Gasteiger partial charge is 0.358 e. The summed E-state index contributed by atoms with van der Waals surface area (Å²) in [5.41, 5.74) is 0. The third-order valence-corrected chi connectivity index (χ3v) is 4.31. The molecular formula is C15H27N3O. The standard InChI is InChI=1S/C15H27N3O/c1-16-15(19)12-18-9-7-14(8-10-18)17-11-13-5-3-2-4-6-13/h2-3,13-14,17H,4-12H2,1H3,(H,16,19). The quantitative estimate of drug-likeness (QED) is 0.733. The van der Waals surface area contributed by atoms with Gasteiger partial charge < -0.3 is 10.6 Å². The molecule has 1 amide bonds. The lowest BCUT2D eigenvalue weighted by molar-refractivity contribution is -0.122. The van der Waals surface area contributed by atoms with E-state index < -0.39 is 0 Å². The van der Waals surface area contributed by atoms with Crippen LogP contribution in [0.2, 0.25) is 0 Å². The second-order valence-electron chi connectivity index (χ2n) is 5.78. The summed E-state index contributed by atoms with van der Waals surface area (Å²) in [6.07, 6.45) is 10.8. The maximum Gasteiger partial charge on any atom is 0.233 e. The van der Waals surface area contributed by atoms with Gasteiger partial charge in [-0.1, -0.05) is 12.2 Å². The number of likely N-dealkylation sites (N-methyl/N-ethyl adjacent to an activating group) is 1. The van der Waals surface area contributed by atoms with Crippen LogP contribution in [0.3, 0.4) is 0 Å². The number of carbonyl (C=O) groups is 1. The molecule has 1 heterocycles. The first-order valence-corrected chi connectivity index (χ1v) is 7.59. The van der Waals surface area contributed by atoms with E-state index in [9.17, 15) is 4.79 Å². The monoisotopic (exact) mass is 265 g/mol. The fraction of sp³-hybridized carbons (Fsp3) is 0.800. The number of rotatable bonds is 5. The number of hydrogen-bond donors (Lipinski definition) is 2. The highest BCUT2D eigenvalue weighted by Crippen LogP contribution is 2.18. The molecular weight excluding hydrogens is 238 g/mol. The van der Waals surface area contributed by atoms with Crippen LogP contribution >= 0.6 is 0 Å². The number of amides is 1. The molecule has 2 rings (SSSR count). The van der Waals surface area contributed by atoms with Crippen molar-refractivity contribution in [3.8, 4) is 0 Å². The molecule has 2 N–H and O–H groups in total. The molecule has 1 fully saturated rings. The number of piperidine rings is 1. The molecule has 1 aliphatic heterocycles. The van der Waals surface area contributed by atoms with Gasteiger partial charge in [-0.15, -0.1) is 0 Å². The van der Waals surface area contributed by atoms with Crippen molar-refractivity contribution in [3.63, 3.8) is 0 Å². The minimum atomic E-state index is 0.125. The highest BCUT2D eigenvalue weighted by molar-refractivity contribution is 5.77. The summed E-state index contributed by atoms with van der Waals surface area (Å²) in [5.74, 6) is 0.953. The first-order valence-electron chi connectivity index (χ1n) is 7.59. The molecule has 0 aromatic heterocycles. The Balaban J connectivity index is 1.60. The SMILES string of the molecule is CNC(=O)CN1CCC(NCC2CC=CCC2)CC1. The van der Waals surface area contributed by atoms with Gasteiger partial charge in [-0.05, 0) is 44.6 Å². The number of likely N-dealkylation sites (tertiary alicyclic amines) is 1. The molecule has 4 nitrogen and oxygen atoms in total. The van der Waals surface area contributed by atoms with Gasteiger partial charge in [-0.2, -0.15) is 0 Å². The molecule has 1 aliphatic carbocycles. The van der Waals surface area contributed by atoms with E-state index in [1.165, 1.54) is 32.1 Å². The lowest BCUT2D eigenvalue weighted by Crippen LogP contribution is -2.46. The lowest BCUT2D eigenvalue weighted by atomic mass is 9.93. The highest BCUT2D eigenvalue weighted by atomic mass is 16.1. The summed E-state index contributed by atoms with van der Waals surface area (Å²) in [5, 5.41) is 6.41. The van der Waals surface area contributed by atoms with Crippen LogP contribution in [0.25, 0.3) is 0 Å². The Bertz CT molecular complexity index is 309. The maximum atomic E-state index is 11.3. The van der Waals surface area contributed by atoms with Gasteiger partial charge in [-0.25, -0.2) is 0 Å². The van der Waals surface area contributed by atoms with Gasteiger partial charge in [0.1, 0.15) is 0 Å². The zero-order chi connectivity index (χ0) is 13.5. The van der Waals surface area contributed by atoms with Crippen molar-refractivity contribution in [2.45, 2.75) is 38.1 Å². The predicted molar refractivity (Wildman–Crippen MR) is 78.0 cm³/mol. The first kappa shape index (κ1) is 14.5.